The van der Waals surface area contributed by atoms with E-state index >= 15 is 0 Å². The maximum atomic E-state index is 11.8. The summed E-state index contributed by atoms with van der Waals surface area (Å²) in [5.74, 6) is 3.36. The van der Waals surface area contributed by atoms with Crippen molar-refractivity contribution in [1.29, 1.82) is 0 Å². The fraction of sp³-hybridized carbons (Fsp3) is 0.936. The molecule has 0 aromatic heterocycles. The maximum Gasteiger partial charge on any atom is 1.00 e. The standard InChI is InChI=1S/2C14H28O6S.C13H27NO6S.C12H26O5S.C12H26O3S.C8H16OS.C6H13ClO3.C6H14S.C4H9ClO.C4H6O3.CH4.Na.H2O/c2*1-13(15)20-9-8-18-6-7-19-10-12-21(16,17)11-5-14(2,3)4;1-12(15)20-8-7-18-5-6-19-9-11-21(16,17)10-4-13(2,3)14;1-12(2,3)4-10-18(14,15)11-9-17-8-7-16-6-5-13;1-12(2,3)4-10-16-11-9-15-8-7-14-6-5-13;1-7(9)10-6-5-8(2,3)4;7-1-3-9-5-6-10-4-2-8;1-6(2,3)4-5-7;1-4(2,3)6-5;1-3(5)7-4(2)6;;;/h2*5-12H2,1-4H3;4-11,14H2,1-3H3;13H,4-11H2,1-3H3;13H,4-11H2,1-3H3;5-6H2,1-4H3;8H,1-6H2;7H,4-5H2,1-3H3;1-3H3;1-2H3;1H4;;1H2/q;;;;;;;;;;;+1;/p-1. The van der Waals surface area contributed by atoms with E-state index in [0.717, 1.165) is 30.3 Å². The molecule has 0 aliphatic heterocycles. The molecular weight excluding hydrogens is 2020 g/mol. The molecule has 0 aromatic carbocycles. The van der Waals surface area contributed by atoms with Crippen molar-refractivity contribution in [3.63, 3.8) is 0 Å². The van der Waals surface area contributed by atoms with Crippen LogP contribution >= 0.6 is 59.6 Å². The number of esters is 5. The number of aliphatic hydroxyl groups is 3. The van der Waals surface area contributed by atoms with Gasteiger partial charge in [0, 0.05) is 64.5 Å². The van der Waals surface area contributed by atoms with Crippen molar-refractivity contribution in [2.45, 2.75) is 264 Å². The quantitative estimate of drug-likeness (QED) is 0.00718. The van der Waals surface area contributed by atoms with Gasteiger partial charge in [0.15, 0.2) is 44.5 Å². The summed E-state index contributed by atoms with van der Waals surface area (Å²) in [5.41, 5.74) is 6.42. The molecule has 0 unspecified atom stereocenters. The van der Waals surface area contributed by atoms with Crippen LogP contribution in [0.5, 0.6) is 0 Å². The van der Waals surface area contributed by atoms with Gasteiger partial charge in [-0.25, -0.2) is 33.7 Å². The van der Waals surface area contributed by atoms with E-state index in [2.05, 4.69) is 98.2 Å². The van der Waals surface area contributed by atoms with Crippen molar-refractivity contribution in [3.8, 4) is 0 Å². The van der Waals surface area contributed by atoms with Crippen LogP contribution in [-0.2, 0) is 148 Å². The van der Waals surface area contributed by atoms with Gasteiger partial charge in [0.05, 0.1) is 242 Å². The number of halogens is 2. The number of aliphatic hydroxyl groups excluding tert-OH is 3. The number of carbonyl (C=O) groups excluding carboxylic acids is 6. The van der Waals surface area contributed by atoms with Gasteiger partial charge in [0.1, 0.15) is 19.8 Å². The molecule has 0 radical (unpaired) electrons. The second-order valence-corrected chi connectivity index (χ2v) is 52.1. The number of nitrogens with two attached hydrogens (primary N) is 1. The summed E-state index contributed by atoms with van der Waals surface area (Å²) in [4.78, 5) is 61.5. The third kappa shape index (κ3) is 195. The second-order valence-electron chi connectivity index (χ2n) is 39.4. The van der Waals surface area contributed by atoms with Crippen molar-refractivity contribution in [3.05, 3.63) is 0 Å². The van der Waals surface area contributed by atoms with Gasteiger partial charge in [-0.1, -0.05) is 144 Å². The van der Waals surface area contributed by atoms with Crippen molar-refractivity contribution < 1.29 is 193 Å². The first-order chi connectivity index (χ1) is 62.8. The summed E-state index contributed by atoms with van der Waals surface area (Å²) in [6, 6.07) is 0. The molecular formula is C94H198Cl2NNaO35S7. The number of hydrogen-bond donors (Lipinski definition) is 5. The molecule has 0 rings (SSSR count). The second kappa shape index (κ2) is 104. The zero-order valence-electron chi connectivity index (χ0n) is 91.0. The van der Waals surface area contributed by atoms with E-state index in [1.54, 1.807) is 20.8 Å². The van der Waals surface area contributed by atoms with Gasteiger partial charge in [-0.05, 0) is 124 Å². The predicted molar refractivity (Wildman–Crippen MR) is 566 cm³/mol. The zero-order chi connectivity index (χ0) is 108. The van der Waals surface area contributed by atoms with Crippen LogP contribution in [0.1, 0.15) is 253 Å². The smallest absolute Gasteiger partial charge is 0.870 e. The van der Waals surface area contributed by atoms with Gasteiger partial charge in [-0.2, -0.15) is 24.4 Å². The Balaban J connectivity index is -0.000000119. The van der Waals surface area contributed by atoms with Gasteiger partial charge in [-0.3, -0.25) is 33.1 Å². The van der Waals surface area contributed by atoms with Crippen LogP contribution in [0, 0.1) is 32.5 Å². The van der Waals surface area contributed by atoms with Gasteiger partial charge in [0.2, 0.25) is 0 Å². The molecule has 0 saturated carbocycles. The first-order valence-corrected chi connectivity index (χ1v) is 57.3. The van der Waals surface area contributed by atoms with E-state index in [1.165, 1.54) is 65.0 Å². The number of rotatable bonds is 64. The largest absolute Gasteiger partial charge is 1.00 e. The average Bonchev–Trinajstić information content (AvgIpc) is 0.920. The number of thioether (sulfide) groups is 2. The maximum absolute atomic E-state index is 11.8. The molecule has 0 spiro atoms. The molecule has 36 nitrogen and oxygen atoms in total. The summed E-state index contributed by atoms with van der Waals surface area (Å²) in [6.07, 6.45) is 5.94. The molecule has 0 fully saturated rings. The van der Waals surface area contributed by atoms with E-state index in [0.29, 0.717) is 167 Å². The Labute approximate surface area is 895 Å². The number of alkyl halides is 1. The molecule has 6 N–H and O–H groups in total. The Bertz CT molecular complexity index is 3070. The molecule has 140 heavy (non-hydrogen) atoms. The number of thiol groups is 1. The number of sulfone groups is 4. The first kappa shape index (κ1) is 167. The normalized spacial score (nSPS) is 11.7. The summed E-state index contributed by atoms with van der Waals surface area (Å²) in [5, 5.41) is 25.4. The van der Waals surface area contributed by atoms with E-state index in [-0.39, 0.29) is 206 Å². The Hall–Kier alpha value is -1.07. The van der Waals surface area contributed by atoms with Crippen LogP contribution in [-0.4, -0.2) is 374 Å². The van der Waals surface area contributed by atoms with Gasteiger partial charge in [0.25, 0.3) is 0 Å². The van der Waals surface area contributed by atoms with Crippen LogP contribution in [0.15, 0.2) is 0 Å². The van der Waals surface area contributed by atoms with E-state index in [1.807, 2.05) is 94.8 Å². The fourth-order valence-corrected chi connectivity index (χ4v) is 16.4. The monoisotopic (exact) mass is 2220 g/mol. The Morgan fingerprint density at radius 1 is 0.307 bits per heavy atom. The minimum atomic E-state index is -3.13. The Kier molecular flexibility index (Phi) is 123. The van der Waals surface area contributed by atoms with Gasteiger partial charge >= 0.3 is 59.4 Å². The summed E-state index contributed by atoms with van der Waals surface area (Å²) in [6.45, 7) is 65.3. The molecule has 0 aliphatic carbocycles. The first-order valence-electron chi connectivity index (χ1n) is 46.4. The SMILES string of the molecule is C.CC(=O)OC(C)=O.CC(=O)OCCOCCOCCS(=O)(=O)CCC(C)(C)C.CC(=O)OCCOCCOCCS(=O)(=O)CCC(C)(C)C.CC(=O)OCCOCCOCCS(=O)(=O)CCC(C)(C)N.CC(=O)SCCC(C)(C)C.CC(C)(C)CCS.CC(C)(C)CCS(=O)(=O)CCOCCOCCO.CC(C)(C)CCSCCOCCOCCO.CC(C)(C)OCl.OCCOCCOCCCl.[Na+].[OH-]. The predicted octanol–water partition coefficient (Wildman–Crippen LogP) is 10.9. The molecule has 0 saturated heterocycles. The van der Waals surface area contributed by atoms with Crippen LogP contribution < -0.4 is 35.3 Å². The van der Waals surface area contributed by atoms with E-state index < -0.39 is 56.8 Å². The molecule has 0 amide bonds. The van der Waals surface area contributed by atoms with Crippen LogP contribution in [0.25, 0.3) is 0 Å². The zero-order valence-corrected chi connectivity index (χ0v) is 100. The number of hydrogen-bond acceptors (Lipinski definition) is 39. The van der Waals surface area contributed by atoms with Crippen molar-refractivity contribution in [2.24, 2.45) is 38.2 Å². The minimum absolute atomic E-state index is 0. The van der Waals surface area contributed by atoms with Crippen molar-refractivity contribution in [2.75, 3.05) is 273 Å². The van der Waals surface area contributed by atoms with E-state index in [9.17, 15) is 62.4 Å². The van der Waals surface area contributed by atoms with Crippen LogP contribution in [0.3, 0.4) is 0 Å². The van der Waals surface area contributed by atoms with Gasteiger partial charge < -0.3 is 102 Å². The third-order valence-electron chi connectivity index (χ3n) is 15.4. The summed E-state index contributed by atoms with van der Waals surface area (Å²) >= 11 is 17.8. The molecule has 0 heterocycles. The summed E-state index contributed by atoms with van der Waals surface area (Å²) < 4.78 is 178. The topological polar surface area (TPSA) is 513 Å². The molecule has 0 bridgehead atoms. The molecule has 846 valence electrons. The average molecular weight is 2220 g/mol. The van der Waals surface area contributed by atoms with E-state index in [4.69, 9.17) is 101 Å². The van der Waals surface area contributed by atoms with Crippen LogP contribution in [0.2, 0.25) is 0 Å². The molecule has 0 aliphatic rings. The molecule has 0 atom stereocenters. The summed E-state index contributed by atoms with van der Waals surface area (Å²) in [7, 11) is -12.2. The van der Waals surface area contributed by atoms with Crippen molar-refractivity contribution >= 4 is 134 Å². The molecule has 46 heteroatoms. The number of carbonyl (C=O) groups is 6. The molecule has 0 aromatic rings. The van der Waals surface area contributed by atoms with Crippen molar-refractivity contribution in [1.82, 2.24) is 0 Å². The minimum Gasteiger partial charge on any atom is -0.870 e. The Morgan fingerprint density at radius 2 is 0.521 bits per heavy atom. The number of ether oxygens (including phenoxy) is 16. The van der Waals surface area contributed by atoms with Crippen LogP contribution in [0.4, 0.5) is 0 Å². The fourth-order valence-electron chi connectivity index (χ4n) is 7.51. The third-order valence-corrected chi connectivity index (χ3v) is 24.4. The van der Waals surface area contributed by atoms with Gasteiger partial charge in [-0.15, -0.1) is 11.6 Å². The Morgan fingerprint density at radius 3 is 0.707 bits per heavy atom.